The van der Waals surface area contributed by atoms with Gasteiger partial charge in [-0.1, -0.05) is 59.6 Å². The first-order valence-corrected chi connectivity index (χ1v) is 8.25. The molecule has 0 radical (unpaired) electrons. The summed E-state index contributed by atoms with van der Waals surface area (Å²) in [7, 11) is 0. The molecule has 1 rings (SSSR count). The van der Waals surface area contributed by atoms with Crippen molar-refractivity contribution in [2.75, 3.05) is 6.54 Å². The molecule has 0 aromatic heterocycles. The molecule has 0 heterocycles. The topological polar surface area (TPSA) is 29.1 Å². The predicted molar refractivity (Wildman–Crippen MR) is 90.6 cm³/mol. The quantitative estimate of drug-likeness (QED) is 0.765. The molecule has 0 saturated carbocycles. The lowest BCUT2D eigenvalue weighted by Gasteiger charge is -2.31. The SMILES string of the molecule is CCCCC(CNC(=O)c1ccc(CC)cc1)C(C)(C)C. The summed E-state index contributed by atoms with van der Waals surface area (Å²) in [5.41, 5.74) is 2.26. The summed E-state index contributed by atoms with van der Waals surface area (Å²) < 4.78 is 0. The molecular weight excluding hydrogens is 258 g/mol. The average molecular weight is 289 g/mol. The highest BCUT2D eigenvalue weighted by Crippen LogP contribution is 2.29. The molecule has 1 amide bonds. The number of hydrogen-bond acceptors (Lipinski definition) is 1. The van der Waals surface area contributed by atoms with Gasteiger partial charge in [0.15, 0.2) is 0 Å². The monoisotopic (exact) mass is 289 g/mol. The molecule has 0 aliphatic rings. The van der Waals surface area contributed by atoms with Crippen molar-refractivity contribution in [1.29, 1.82) is 0 Å². The van der Waals surface area contributed by atoms with Gasteiger partial charge in [0.25, 0.3) is 5.91 Å². The maximum Gasteiger partial charge on any atom is 0.251 e. The van der Waals surface area contributed by atoms with Crippen LogP contribution in [-0.2, 0) is 6.42 Å². The lowest BCUT2D eigenvalue weighted by atomic mass is 9.78. The van der Waals surface area contributed by atoms with Crippen LogP contribution in [0.25, 0.3) is 0 Å². The van der Waals surface area contributed by atoms with Crippen molar-refractivity contribution in [1.82, 2.24) is 5.32 Å². The minimum atomic E-state index is 0.0448. The van der Waals surface area contributed by atoms with Gasteiger partial charge in [0.2, 0.25) is 0 Å². The maximum absolute atomic E-state index is 12.2. The molecule has 118 valence electrons. The van der Waals surface area contributed by atoms with E-state index in [9.17, 15) is 4.79 Å². The van der Waals surface area contributed by atoms with Crippen molar-refractivity contribution in [3.05, 3.63) is 35.4 Å². The lowest BCUT2D eigenvalue weighted by molar-refractivity contribution is 0.0930. The van der Waals surface area contributed by atoms with Gasteiger partial charge in [-0.25, -0.2) is 0 Å². The fraction of sp³-hybridized carbons (Fsp3) is 0.632. The zero-order valence-corrected chi connectivity index (χ0v) is 14.3. The van der Waals surface area contributed by atoms with Gasteiger partial charge in [0, 0.05) is 12.1 Å². The van der Waals surface area contributed by atoms with Gasteiger partial charge in [-0.3, -0.25) is 4.79 Å². The first kappa shape index (κ1) is 17.7. The first-order chi connectivity index (χ1) is 9.88. The summed E-state index contributed by atoms with van der Waals surface area (Å²) in [6.07, 6.45) is 4.61. The van der Waals surface area contributed by atoms with E-state index in [0.29, 0.717) is 5.92 Å². The van der Waals surface area contributed by atoms with Gasteiger partial charge in [0.05, 0.1) is 0 Å². The van der Waals surface area contributed by atoms with E-state index in [1.807, 2.05) is 24.3 Å². The van der Waals surface area contributed by atoms with E-state index in [2.05, 4.69) is 39.9 Å². The third-order valence-corrected chi connectivity index (χ3v) is 4.26. The van der Waals surface area contributed by atoms with Gasteiger partial charge in [-0.2, -0.15) is 0 Å². The Morgan fingerprint density at radius 1 is 1.14 bits per heavy atom. The van der Waals surface area contributed by atoms with E-state index in [1.165, 1.54) is 24.8 Å². The van der Waals surface area contributed by atoms with E-state index in [0.717, 1.165) is 18.5 Å². The number of benzene rings is 1. The smallest absolute Gasteiger partial charge is 0.251 e. The van der Waals surface area contributed by atoms with Crippen LogP contribution in [0.2, 0.25) is 0 Å². The minimum Gasteiger partial charge on any atom is -0.352 e. The van der Waals surface area contributed by atoms with Crippen molar-refractivity contribution in [2.45, 2.75) is 60.3 Å². The van der Waals surface area contributed by atoms with Crippen LogP contribution in [0.4, 0.5) is 0 Å². The molecule has 0 saturated heterocycles. The van der Waals surface area contributed by atoms with Crippen molar-refractivity contribution < 1.29 is 4.79 Å². The van der Waals surface area contributed by atoms with Crippen LogP contribution in [0.15, 0.2) is 24.3 Å². The van der Waals surface area contributed by atoms with Crippen LogP contribution in [0.1, 0.15) is 69.8 Å². The molecule has 0 aliphatic heterocycles. The summed E-state index contributed by atoms with van der Waals surface area (Å²) in [5.74, 6) is 0.569. The Kier molecular flexibility index (Phi) is 6.94. The number of hydrogen-bond donors (Lipinski definition) is 1. The number of rotatable bonds is 7. The molecule has 0 spiro atoms. The largest absolute Gasteiger partial charge is 0.352 e. The van der Waals surface area contributed by atoms with Crippen molar-refractivity contribution in [3.8, 4) is 0 Å². The van der Waals surface area contributed by atoms with Crippen molar-refractivity contribution in [3.63, 3.8) is 0 Å². The predicted octanol–water partition coefficient (Wildman–Crippen LogP) is 4.83. The third-order valence-electron chi connectivity index (χ3n) is 4.26. The molecule has 1 unspecified atom stereocenters. The highest BCUT2D eigenvalue weighted by atomic mass is 16.1. The van der Waals surface area contributed by atoms with Crippen LogP contribution in [-0.4, -0.2) is 12.5 Å². The highest BCUT2D eigenvalue weighted by molar-refractivity contribution is 5.94. The number of amides is 1. The van der Waals surface area contributed by atoms with Crippen LogP contribution in [0.3, 0.4) is 0 Å². The Balaban J connectivity index is 2.59. The van der Waals surface area contributed by atoms with Crippen molar-refractivity contribution in [2.24, 2.45) is 11.3 Å². The fourth-order valence-corrected chi connectivity index (χ4v) is 2.50. The Hall–Kier alpha value is -1.31. The Bertz CT molecular complexity index is 428. The van der Waals surface area contributed by atoms with Crippen LogP contribution in [0.5, 0.6) is 0 Å². The van der Waals surface area contributed by atoms with Gasteiger partial charge in [-0.05, 0) is 41.9 Å². The number of unbranched alkanes of at least 4 members (excludes halogenated alkanes) is 1. The van der Waals surface area contributed by atoms with E-state index in [1.54, 1.807) is 0 Å². The number of nitrogens with one attached hydrogen (secondary N) is 1. The molecule has 1 atom stereocenters. The summed E-state index contributed by atoms with van der Waals surface area (Å²) in [5, 5.41) is 3.11. The number of carbonyl (C=O) groups excluding carboxylic acids is 1. The van der Waals surface area contributed by atoms with E-state index >= 15 is 0 Å². The standard InChI is InChI=1S/C19H31NO/c1-6-8-9-17(19(3,4)5)14-20-18(21)16-12-10-15(7-2)11-13-16/h10-13,17H,6-9,14H2,1-5H3,(H,20,21). The zero-order chi connectivity index (χ0) is 15.9. The molecule has 0 bridgehead atoms. The lowest BCUT2D eigenvalue weighted by Crippen LogP contribution is -2.35. The van der Waals surface area contributed by atoms with Crippen molar-refractivity contribution >= 4 is 5.91 Å². The van der Waals surface area contributed by atoms with Gasteiger partial charge < -0.3 is 5.32 Å². The normalized spacial score (nSPS) is 13.0. The van der Waals surface area contributed by atoms with Crippen LogP contribution >= 0.6 is 0 Å². The summed E-state index contributed by atoms with van der Waals surface area (Å²) >= 11 is 0. The van der Waals surface area contributed by atoms with Gasteiger partial charge in [0.1, 0.15) is 0 Å². The number of carbonyl (C=O) groups is 1. The fourth-order valence-electron chi connectivity index (χ4n) is 2.50. The molecule has 0 aliphatic carbocycles. The molecular formula is C19H31NO. The molecule has 1 aromatic carbocycles. The third kappa shape index (κ3) is 5.91. The van der Waals surface area contributed by atoms with Gasteiger partial charge >= 0.3 is 0 Å². The second-order valence-corrected chi connectivity index (χ2v) is 6.97. The Morgan fingerprint density at radius 2 is 1.76 bits per heavy atom. The Morgan fingerprint density at radius 3 is 2.24 bits per heavy atom. The molecule has 1 aromatic rings. The molecule has 0 fully saturated rings. The molecule has 2 nitrogen and oxygen atoms in total. The first-order valence-electron chi connectivity index (χ1n) is 8.25. The van der Waals surface area contributed by atoms with E-state index < -0.39 is 0 Å². The molecule has 21 heavy (non-hydrogen) atoms. The zero-order valence-electron chi connectivity index (χ0n) is 14.3. The minimum absolute atomic E-state index is 0.0448. The summed E-state index contributed by atoms with van der Waals surface area (Å²) in [6, 6.07) is 7.92. The second-order valence-electron chi connectivity index (χ2n) is 6.97. The van der Waals surface area contributed by atoms with Gasteiger partial charge in [-0.15, -0.1) is 0 Å². The van der Waals surface area contributed by atoms with E-state index in [4.69, 9.17) is 0 Å². The van der Waals surface area contributed by atoms with E-state index in [-0.39, 0.29) is 11.3 Å². The molecule has 2 heteroatoms. The average Bonchev–Trinajstić information content (AvgIpc) is 2.45. The Labute approximate surface area is 130 Å². The maximum atomic E-state index is 12.2. The molecule has 1 N–H and O–H groups in total. The van der Waals surface area contributed by atoms with Crippen LogP contribution < -0.4 is 5.32 Å². The number of aryl methyl sites for hydroxylation is 1. The summed E-state index contributed by atoms with van der Waals surface area (Å²) in [4.78, 5) is 12.2. The second kappa shape index (κ2) is 8.21. The summed E-state index contributed by atoms with van der Waals surface area (Å²) in [6.45, 7) is 11.9. The van der Waals surface area contributed by atoms with Crippen LogP contribution in [0, 0.1) is 11.3 Å². The highest BCUT2D eigenvalue weighted by Gasteiger charge is 2.24.